The van der Waals surface area contributed by atoms with Gasteiger partial charge in [0.2, 0.25) is 5.91 Å². The predicted molar refractivity (Wildman–Crippen MR) is 75.4 cm³/mol. The van der Waals surface area contributed by atoms with Gasteiger partial charge in [-0.15, -0.1) is 0 Å². The standard InChI is InChI=1S/C15H21NO4/c1-3-4-10(2)14(18)16-13(15(19)20)9-11-5-7-12(17)8-6-11/h5-8,10,13,17H,3-4,9H2,1-2H3,(H,16,18)(H,19,20)/t10?,13-/m0/s1. The number of amides is 1. The first-order valence-corrected chi connectivity index (χ1v) is 6.75. The molecule has 20 heavy (non-hydrogen) atoms. The van der Waals surface area contributed by atoms with Gasteiger partial charge in [-0.1, -0.05) is 32.4 Å². The topological polar surface area (TPSA) is 86.6 Å². The van der Waals surface area contributed by atoms with Crippen LogP contribution < -0.4 is 5.32 Å². The van der Waals surface area contributed by atoms with Crippen molar-refractivity contribution in [2.75, 3.05) is 0 Å². The second kappa shape index (κ2) is 7.53. The summed E-state index contributed by atoms with van der Waals surface area (Å²) in [4.78, 5) is 23.1. The summed E-state index contributed by atoms with van der Waals surface area (Å²) in [6.45, 7) is 3.77. The minimum absolute atomic E-state index is 0.126. The summed E-state index contributed by atoms with van der Waals surface area (Å²) >= 11 is 0. The molecule has 1 aromatic carbocycles. The molecule has 0 heterocycles. The molecule has 0 aliphatic rings. The van der Waals surface area contributed by atoms with Crippen molar-refractivity contribution in [3.05, 3.63) is 29.8 Å². The summed E-state index contributed by atoms with van der Waals surface area (Å²) in [5.74, 6) is -1.36. The van der Waals surface area contributed by atoms with E-state index in [1.54, 1.807) is 19.1 Å². The van der Waals surface area contributed by atoms with Crippen molar-refractivity contribution in [3.63, 3.8) is 0 Å². The highest BCUT2D eigenvalue weighted by atomic mass is 16.4. The van der Waals surface area contributed by atoms with Gasteiger partial charge in [0, 0.05) is 12.3 Å². The van der Waals surface area contributed by atoms with Gasteiger partial charge in [0.25, 0.3) is 0 Å². The van der Waals surface area contributed by atoms with E-state index in [9.17, 15) is 19.8 Å². The highest BCUT2D eigenvalue weighted by Gasteiger charge is 2.22. The second-order valence-corrected chi connectivity index (χ2v) is 4.96. The van der Waals surface area contributed by atoms with Gasteiger partial charge in [-0.2, -0.15) is 0 Å². The molecule has 5 nitrogen and oxygen atoms in total. The van der Waals surface area contributed by atoms with Crippen LogP contribution >= 0.6 is 0 Å². The van der Waals surface area contributed by atoms with E-state index < -0.39 is 12.0 Å². The number of benzene rings is 1. The molecule has 0 saturated carbocycles. The number of phenolic OH excluding ortho intramolecular Hbond substituents is 1. The van der Waals surface area contributed by atoms with Crippen molar-refractivity contribution in [3.8, 4) is 5.75 Å². The molecule has 0 bridgehead atoms. The smallest absolute Gasteiger partial charge is 0.326 e. The van der Waals surface area contributed by atoms with Gasteiger partial charge < -0.3 is 15.5 Å². The Labute approximate surface area is 118 Å². The Morgan fingerprint density at radius 1 is 1.25 bits per heavy atom. The molecule has 1 unspecified atom stereocenters. The molecule has 0 spiro atoms. The van der Waals surface area contributed by atoms with E-state index in [-0.39, 0.29) is 24.0 Å². The Balaban J connectivity index is 2.67. The zero-order valence-corrected chi connectivity index (χ0v) is 11.8. The van der Waals surface area contributed by atoms with E-state index in [1.807, 2.05) is 6.92 Å². The maximum absolute atomic E-state index is 11.9. The van der Waals surface area contributed by atoms with Crippen LogP contribution in [-0.2, 0) is 16.0 Å². The number of carboxylic acids is 1. The number of hydrogen-bond donors (Lipinski definition) is 3. The number of carbonyl (C=O) groups is 2. The van der Waals surface area contributed by atoms with Crippen LogP contribution in [0.4, 0.5) is 0 Å². The highest BCUT2D eigenvalue weighted by Crippen LogP contribution is 2.12. The van der Waals surface area contributed by atoms with E-state index in [0.29, 0.717) is 0 Å². The molecule has 5 heteroatoms. The van der Waals surface area contributed by atoms with E-state index in [0.717, 1.165) is 18.4 Å². The Bertz CT molecular complexity index is 455. The van der Waals surface area contributed by atoms with Crippen LogP contribution in [0.1, 0.15) is 32.3 Å². The van der Waals surface area contributed by atoms with E-state index in [4.69, 9.17) is 0 Å². The van der Waals surface area contributed by atoms with Crippen molar-refractivity contribution in [2.45, 2.75) is 39.2 Å². The van der Waals surface area contributed by atoms with E-state index in [1.165, 1.54) is 12.1 Å². The van der Waals surface area contributed by atoms with Crippen LogP contribution in [-0.4, -0.2) is 28.1 Å². The lowest BCUT2D eigenvalue weighted by Gasteiger charge is -2.17. The molecular weight excluding hydrogens is 258 g/mol. The predicted octanol–water partition coefficient (Wildman–Crippen LogP) is 1.94. The number of carbonyl (C=O) groups excluding carboxylic acids is 1. The molecule has 1 amide bonds. The first-order valence-electron chi connectivity index (χ1n) is 6.75. The van der Waals surface area contributed by atoms with Gasteiger partial charge in [-0.3, -0.25) is 4.79 Å². The zero-order chi connectivity index (χ0) is 15.1. The highest BCUT2D eigenvalue weighted by molar-refractivity contribution is 5.84. The maximum atomic E-state index is 11.9. The average molecular weight is 279 g/mol. The number of rotatable bonds is 7. The normalized spacial score (nSPS) is 13.5. The van der Waals surface area contributed by atoms with Crippen molar-refractivity contribution >= 4 is 11.9 Å². The summed E-state index contributed by atoms with van der Waals surface area (Å²) in [7, 11) is 0. The van der Waals surface area contributed by atoms with Gasteiger partial charge in [0.15, 0.2) is 0 Å². The first kappa shape index (κ1) is 16.0. The number of aliphatic carboxylic acids is 1. The fourth-order valence-corrected chi connectivity index (χ4v) is 1.95. The first-order chi connectivity index (χ1) is 9.43. The molecule has 0 aliphatic carbocycles. The number of aromatic hydroxyl groups is 1. The summed E-state index contributed by atoms with van der Waals surface area (Å²) < 4.78 is 0. The van der Waals surface area contributed by atoms with E-state index >= 15 is 0 Å². The number of hydrogen-bond acceptors (Lipinski definition) is 3. The number of phenols is 1. The quantitative estimate of drug-likeness (QED) is 0.712. The van der Waals surface area contributed by atoms with Crippen molar-refractivity contribution < 1.29 is 19.8 Å². The minimum Gasteiger partial charge on any atom is -0.508 e. The third-order valence-electron chi connectivity index (χ3n) is 3.16. The fourth-order valence-electron chi connectivity index (χ4n) is 1.95. The zero-order valence-electron chi connectivity index (χ0n) is 11.8. The minimum atomic E-state index is -1.06. The van der Waals surface area contributed by atoms with Crippen LogP contribution in [0.5, 0.6) is 5.75 Å². The Hall–Kier alpha value is -2.04. The summed E-state index contributed by atoms with van der Waals surface area (Å²) in [5.41, 5.74) is 0.749. The summed E-state index contributed by atoms with van der Waals surface area (Å²) in [5, 5.41) is 20.9. The second-order valence-electron chi connectivity index (χ2n) is 4.96. The Morgan fingerprint density at radius 2 is 1.85 bits per heavy atom. The number of carboxylic acid groups (broad SMARTS) is 1. The SMILES string of the molecule is CCCC(C)C(=O)N[C@@H](Cc1ccc(O)cc1)C(=O)O. The largest absolute Gasteiger partial charge is 0.508 e. The third kappa shape index (κ3) is 4.91. The molecule has 1 aromatic rings. The fraction of sp³-hybridized carbons (Fsp3) is 0.467. The van der Waals surface area contributed by atoms with Crippen molar-refractivity contribution in [2.24, 2.45) is 5.92 Å². The van der Waals surface area contributed by atoms with Gasteiger partial charge >= 0.3 is 5.97 Å². The molecule has 2 atom stereocenters. The van der Waals surface area contributed by atoms with Crippen molar-refractivity contribution in [1.29, 1.82) is 0 Å². The Morgan fingerprint density at radius 3 is 2.35 bits per heavy atom. The van der Waals surface area contributed by atoms with Crippen LogP contribution in [0.15, 0.2) is 24.3 Å². The van der Waals surface area contributed by atoms with Crippen LogP contribution in [0.3, 0.4) is 0 Å². The van der Waals surface area contributed by atoms with Crippen LogP contribution in [0.2, 0.25) is 0 Å². The molecule has 110 valence electrons. The van der Waals surface area contributed by atoms with Crippen molar-refractivity contribution in [1.82, 2.24) is 5.32 Å². The monoisotopic (exact) mass is 279 g/mol. The maximum Gasteiger partial charge on any atom is 0.326 e. The molecule has 0 aromatic heterocycles. The average Bonchev–Trinajstić information content (AvgIpc) is 2.40. The van der Waals surface area contributed by atoms with Gasteiger partial charge in [-0.05, 0) is 24.1 Å². The summed E-state index contributed by atoms with van der Waals surface area (Å²) in [6.07, 6.45) is 1.81. The molecular formula is C15H21NO4. The molecule has 0 saturated heterocycles. The van der Waals surface area contributed by atoms with Gasteiger partial charge in [0.1, 0.15) is 11.8 Å². The molecule has 0 radical (unpaired) electrons. The van der Waals surface area contributed by atoms with E-state index in [2.05, 4.69) is 5.32 Å². The molecule has 1 rings (SSSR count). The molecule has 0 fully saturated rings. The lowest BCUT2D eigenvalue weighted by molar-refractivity contribution is -0.142. The third-order valence-corrected chi connectivity index (χ3v) is 3.16. The molecule has 3 N–H and O–H groups in total. The van der Waals surface area contributed by atoms with Crippen LogP contribution in [0.25, 0.3) is 0 Å². The van der Waals surface area contributed by atoms with Gasteiger partial charge in [-0.25, -0.2) is 4.79 Å². The number of nitrogens with one attached hydrogen (secondary N) is 1. The van der Waals surface area contributed by atoms with Gasteiger partial charge in [0.05, 0.1) is 0 Å². The molecule has 0 aliphatic heterocycles. The lowest BCUT2D eigenvalue weighted by atomic mass is 10.0. The Kier molecular flexibility index (Phi) is 6.03. The summed E-state index contributed by atoms with van der Waals surface area (Å²) in [6, 6.07) is 5.33. The lowest BCUT2D eigenvalue weighted by Crippen LogP contribution is -2.44. The van der Waals surface area contributed by atoms with Crippen LogP contribution in [0, 0.1) is 5.92 Å².